The maximum atomic E-state index is 8.93. The van der Waals surface area contributed by atoms with E-state index in [0.29, 0.717) is 0 Å². The number of rotatable bonds is 4. The lowest BCUT2D eigenvalue weighted by atomic mass is 10.2. The lowest BCUT2D eigenvalue weighted by Crippen LogP contribution is -2.51. The summed E-state index contributed by atoms with van der Waals surface area (Å²) < 4.78 is 0. The zero-order valence-corrected chi connectivity index (χ0v) is 7.23. The number of aliphatic hydroxyl groups excluding tert-OH is 1. The van der Waals surface area contributed by atoms with Crippen LogP contribution in [0.1, 0.15) is 6.92 Å². The number of β-amino-alcohol motifs (C(OH)–C–C–N with tert-alkyl or cyclic N) is 1. The SMILES string of the molecule is CCSCCN1CC(O)C1. The molecule has 0 aromatic carbocycles. The van der Waals surface area contributed by atoms with E-state index in [2.05, 4.69) is 11.8 Å². The first-order valence-corrected chi connectivity index (χ1v) is 4.96. The van der Waals surface area contributed by atoms with E-state index in [1.165, 1.54) is 11.5 Å². The molecule has 0 unspecified atom stereocenters. The molecule has 0 bridgehead atoms. The summed E-state index contributed by atoms with van der Waals surface area (Å²) in [5, 5.41) is 8.93. The van der Waals surface area contributed by atoms with E-state index in [0.717, 1.165) is 19.6 Å². The highest BCUT2D eigenvalue weighted by Gasteiger charge is 2.22. The Morgan fingerprint density at radius 2 is 2.30 bits per heavy atom. The summed E-state index contributed by atoms with van der Waals surface area (Å²) in [6, 6.07) is 0. The van der Waals surface area contributed by atoms with E-state index in [1.807, 2.05) is 11.8 Å². The third kappa shape index (κ3) is 2.48. The molecule has 0 radical (unpaired) electrons. The van der Waals surface area contributed by atoms with Gasteiger partial charge in [-0.15, -0.1) is 0 Å². The van der Waals surface area contributed by atoms with Gasteiger partial charge in [0.05, 0.1) is 6.10 Å². The van der Waals surface area contributed by atoms with Gasteiger partial charge in [0.2, 0.25) is 0 Å². The first-order chi connectivity index (χ1) is 4.83. The Kier molecular flexibility index (Phi) is 3.52. The predicted molar refractivity (Wildman–Crippen MR) is 45.4 cm³/mol. The first kappa shape index (κ1) is 8.37. The zero-order valence-electron chi connectivity index (χ0n) is 6.42. The standard InChI is InChI=1S/C7H15NOS/c1-2-10-4-3-8-5-7(9)6-8/h7,9H,2-6H2,1H3. The van der Waals surface area contributed by atoms with Crippen molar-refractivity contribution in [1.29, 1.82) is 0 Å². The Balaban J connectivity index is 1.86. The van der Waals surface area contributed by atoms with Crippen LogP contribution in [0.25, 0.3) is 0 Å². The molecular formula is C7H15NOS. The van der Waals surface area contributed by atoms with Crippen LogP contribution in [0.2, 0.25) is 0 Å². The zero-order chi connectivity index (χ0) is 7.40. The minimum atomic E-state index is -0.0355. The van der Waals surface area contributed by atoms with Crippen LogP contribution >= 0.6 is 11.8 Å². The second-order valence-electron chi connectivity index (χ2n) is 2.61. The maximum absolute atomic E-state index is 8.93. The van der Waals surface area contributed by atoms with Gasteiger partial charge in [0.15, 0.2) is 0 Å². The van der Waals surface area contributed by atoms with Crippen molar-refractivity contribution < 1.29 is 5.11 Å². The molecule has 0 atom stereocenters. The summed E-state index contributed by atoms with van der Waals surface area (Å²) in [7, 11) is 0. The smallest absolute Gasteiger partial charge is 0.0793 e. The third-order valence-corrected chi connectivity index (χ3v) is 2.57. The largest absolute Gasteiger partial charge is 0.390 e. The van der Waals surface area contributed by atoms with Gasteiger partial charge >= 0.3 is 0 Å². The molecule has 1 aliphatic heterocycles. The van der Waals surface area contributed by atoms with Crippen molar-refractivity contribution in [3.8, 4) is 0 Å². The normalized spacial score (nSPS) is 21.0. The molecule has 1 rings (SSSR count). The van der Waals surface area contributed by atoms with Crippen LogP contribution < -0.4 is 0 Å². The lowest BCUT2D eigenvalue weighted by molar-refractivity contribution is 0.00648. The monoisotopic (exact) mass is 161 g/mol. The molecule has 1 fully saturated rings. The van der Waals surface area contributed by atoms with Crippen molar-refractivity contribution in [2.45, 2.75) is 13.0 Å². The van der Waals surface area contributed by atoms with Crippen LogP contribution in [0.15, 0.2) is 0 Å². The Morgan fingerprint density at radius 3 is 2.80 bits per heavy atom. The van der Waals surface area contributed by atoms with E-state index in [4.69, 9.17) is 5.11 Å². The van der Waals surface area contributed by atoms with Gasteiger partial charge < -0.3 is 5.11 Å². The molecule has 1 heterocycles. The van der Waals surface area contributed by atoms with Crippen LogP contribution in [0.5, 0.6) is 0 Å². The van der Waals surface area contributed by atoms with Crippen LogP contribution in [-0.2, 0) is 0 Å². The molecule has 10 heavy (non-hydrogen) atoms. The van der Waals surface area contributed by atoms with Crippen LogP contribution in [-0.4, -0.2) is 47.3 Å². The van der Waals surface area contributed by atoms with Crippen molar-refractivity contribution >= 4 is 11.8 Å². The molecule has 1 saturated heterocycles. The van der Waals surface area contributed by atoms with Gasteiger partial charge in [0, 0.05) is 25.4 Å². The van der Waals surface area contributed by atoms with E-state index >= 15 is 0 Å². The molecule has 1 N–H and O–H groups in total. The van der Waals surface area contributed by atoms with E-state index in [9.17, 15) is 0 Å². The first-order valence-electron chi connectivity index (χ1n) is 3.81. The van der Waals surface area contributed by atoms with Gasteiger partial charge in [-0.1, -0.05) is 6.92 Å². The molecule has 0 aromatic rings. The van der Waals surface area contributed by atoms with Gasteiger partial charge in [-0.3, -0.25) is 4.90 Å². The molecule has 0 saturated carbocycles. The number of hydrogen-bond donors (Lipinski definition) is 1. The molecule has 0 aromatic heterocycles. The molecule has 0 amide bonds. The van der Waals surface area contributed by atoms with Crippen LogP contribution in [0.4, 0.5) is 0 Å². The highest BCUT2D eigenvalue weighted by molar-refractivity contribution is 7.99. The fourth-order valence-electron chi connectivity index (χ4n) is 1.06. The van der Waals surface area contributed by atoms with Crippen molar-refractivity contribution in [2.75, 3.05) is 31.1 Å². The summed E-state index contributed by atoms with van der Waals surface area (Å²) in [4.78, 5) is 2.29. The van der Waals surface area contributed by atoms with E-state index in [-0.39, 0.29) is 6.10 Å². The number of thioether (sulfide) groups is 1. The lowest BCUT2D eigenvalue weighted by Gasteiger charge is -2.35. The van der Waals surface area contributed by atoms with Crippen molar-refractivity contribution in [3.63, 3.8) is 0 Å². The van der Waals surface area contributed by atoms with Gasteiger partial charge in [0.1, 0.15) is 0 Å². The molecule has 1 aliphatic rings. The number of likely N-dealkylation sites (tertiary alicyclic amines) is 1. The number of aliphatic hydroxyl groups is 1. The maximum Gasteiger partial charge on any atom is 0.0793 e. The Bertz CT molecular complexity index is 93.6. The summed E-state index contributed by atoms with van der Waals surface area (Å²) in [5.41, 5.74) is 0. The van der Waals surface area contributed by atoms with Crippen molar-refractivity contribution in [2.24, 2.45) is 0 Å². The fourth-order valence-corrected chi connectivity index (χ4v) is 1.74. The van der Waals surface area contributed by atoms with Crippen LogP contribution in [0.3, 0.4) is 0 Å². The average molecular weight is 161 g/mol. The Morgan fingerprint density at radius 1 is 1.60 bits per heavy atom. The fraction of sp³-hybridized carbons (Fsp3) is 1.00. The van der Waals surface area contributed by atoms with Crippen molar-refractivity contribution in [1.82, 2.24) is 4.90 Å². The molecule has 60 valence electrons. The Hall–Kier alpha value is 0.270. The second-order valence-corrected chi connectivity index (χ2v) is 4.00. The topological polar surface area (TPSA) is 23.5 Å². The van der Waals surface area contributed by atoms with Crippen LogP contribution in [0, 0.1) is 0 Å². The number of hydrogen-bond acceptors (Lipinski definition) is 3. The Labute approximate surface area is 66.6 Å². The minimum absolute atomic E-state index is 0.0355. The molecule has 0 spiro atoms. The molecule has 3 heteroatoms. The summed E-state index contributed by atoms with van der Waals surface area (Å²) in [5.74, 6) is 2.42. The third-order valence-electron chi connectivity index (χ3n) is 1.69. The molecular weight excluding hydrogens is 146 g/mol. The van der Waals surface area contributed by atoms with Gasteiger partial charge in [0.25, 0.3) is 0 Å². The minimum Gasteiger partial charge on any atom is -0.390 e. The summed E-state index contributed by atoms with van der Waals surface area (Å²) in [6.45, 7) is 5.11. The summed E-state index contributed by atoms with van der Waals surface area (Å²) in [6.07, 6.45) is -0.0355. The quantitative estimate of drug-likeness (QED) is 0.604. The highest BCUT2D eigenvalue weighted by atomic mass is 32.2. The van der Waals surface area contributed by atoms with E-state index in [1.54, 1.807) is 0 Å². The van der Waals surface area contributed by atoms with Gasteiger partial charge in [-0.2, -0.15) is 11.8 Å². The number of nitrogens with zero attached hydrogens (tertiary/aromatic N) is 1. The van der Waals surface area contributed by atoms with Gasteiger partial charge in [-0.05, 0) is 5.75 Å². The second kappa shape index (κ2) is 4.21. The highest BCUT2D eigenvalue weighted by Crippen LogP contribution is 2.08. The summed E-state index contributed by atoms with van der Waals surface area (Å²) >= 11 is 1.96. The predicted octanol–water partition coefficient (Wildman–Crippen LogP) is 0.416. The molecule has 0 aliphatic carbocycles. The molecule has 2 nitrogen and oxygen atoms in total. The van der Waals surface area contributed by atoms with E-state index < -0.39 is 0 Å². The van der Waals surface area contributed by atoms with Gasteiger partial charge in [-0.25, -0.2) is 0 Å². The van der Waals surface area contributed by atoms with Crippen molar-refractivity contribution in [3.05, 3.63) is 0 Å². The average Bonchev–Trinajstić information content (AvgIpc) is 1.85.